The maximum atomic E-state index is 13.7. The third-order valence-corrected chi connectivity index (χ3v) is 5.61. The first-order valence-corrected chi connectivity index (χ1v) is 9.87. The number of fused-ring (bicyclic) bond motifs is 1. The van der Waals surface area contributed by atoms with Crippen LogP contribution in [0.3, 0.4) is 0 Å². The van der Waals surface area contributed by atoms with Gasteiger partial charge in [0.15, 0.2) is 0 Å². The number of carbonyl (C=O) groups is 2. The molecule has 0 N–H and O–H groups in total. The molecular formula is C25H20N2O3. The Balaban J connectivity index is 1.70. The summed E-state index contributed by atoms with van der Waals surface area (Å²) in [5, 5.41) is 0. The third kappa shape index (κ3) is 2.70. The predicted molar refractivity (Wildman–Crippen MR) is 116 cm³/mol. The minimum atomic E-state index is -0.338. The second-order valence-electron chi connectivity index (χ2n) is 7.24. The fourth-order valence-electron chi connectivity index (χ4n) is 4.24. The molecule has 5 heteroatoms. The van der Waals surface area contributed by atoms with E-state index in [1.54, 1.807) is 18.2 Å². The zero-order valence-electron chi connectivity index (χ0n) is 16.5. The summed E-state index contributed by atoms with van der Waals surface area (Å²) < 4.78 is 5.43. The van der Waals surface area contributed by atoms with Crippen LogP contribution in [0.4, 0.5) is 11.4 Å². The van der Waals surface area contributed by atoms with Crippen LogP contribution >= 0.6 is 0 Å². The molecule has 5 rings (SSSR count). The molecular weight excluding hydrogens is 376 g/mol. The number of hydrogen-bond acceptors (Lipinski definition) is 4. The van der Waals surface area contributed by atoms with Gasteiger partial charge in [-0.15, -0.1) is 0 Å². The molecule has 0 aliphatic carbocycles. The SMILES string of the molecule is COc1ccccc1N1C(=O)C(c2ccccc2)=C(N2CCc3ccccc32)C1=O. The maximum Gasteiger partial charge on any atom is 0.282 e. The van der Waals surface area contributed by atoms with Crippen molar-refractivity contribution in [3.8, 4) is 5.75 Å². The number of hydrogen-bond donors (Lipinski definition) is 0. The monoisotopic (exact) mass is 396 g/mol. The fraction of sp³-hybridized carbons (Fsp3) is 0.120. The fourth-order valence-corrected chi connectivity index (χ4v) is 4.24. The van der Waals surface area contributed by atoms with E-state index in [1.807, 2.05) is 59.5 Å². The van der Waals surface area contributed by atoms with Gasteiger partial charge >= 0.3 is 0 Å². The summed E-state index contributed by atoms with van der Waals surface area (Å²) in [6, 6.07) is 24.5. The van der Waals surface area contributed by atoms with Crippen LogP contribution in [-0.4, -0.2) is 25.5 Å². The number of anilines is 2. The van der Waals surface area contributed by atoms with Crippen molar-refractivity contribution in [1.29, 1.82) is 0 Å². The van der Waals surface area contributed by atoms with E-state index in [0.717, 1.165) is 17.7 Å². The largest absolute Gasteiger partial charge is 0.495 e. The number of rotatable bonds is 4. The Kier molecular flexibility index (Phi) is 4.36. The Bertz CT molecular complexity index is 1180. The minimum absolute atomic E-state index is 0.333. The van der Waals surface area contributed by atoms with Crippen LogP contribution in [0.15, 0.2) is 84.6 Å². The summed E-state index contributed by atoms with van der Waals surface area (Å²) in [5.74, 6) is -0.190. The normalized spacial score (nSPS) is 15.8. The molecule has 5 nitrogen and oxygen atoms in total. The molecule has 0 fully saturated rings. The average Bonchev–Trinajstić information content (AvgIpc) is 3.32. The van der Waals surface area contributed by atoms with Gasteiger partial charge in [0.2, 0.25) is 0 Å². The summed E-state index contributed by atoms with van der Waals surface area (Å²) >= 11 is 0. The molecule has 0 saturated carbocycles. The van der Waals surface area contributed by atoms with E-state index in [1.165, 1.54) is 17.6 Å². The maximum absolute atomic E-state index is 13.7. The van der Waals surface area contributed by atoms with Crippen molar-refractivity contribution in [3.05, 3.63) is 95.7 Å². The van der Waals surface area contributed by atoms with Crippen LogP contribution in [0.2, 0.25) is 0 Å². The Morgan fingerprint density at radius 2 is 1.43 bits per heavy atom. The molecule has 0 saturated heterocycles. The number of benzene rings is 3. The van der Waals surface area contributed by atoms with E-state index in [-0.39, 0.29) is 11.8 Å². The molecule has 3 aromatic rings. The molecule has 30 heavy (non-hydrogen) atoms. The standard InChI is InChI=1S/C25H20N2O3/c1-30-21-14-8-7-13-20(21)27-24(28)22(18-10-3-2-4-11-18)23(25(27)29)26-16-15-17-9-5-6-12-19(17)26/h2-14H,15-16H2,1H3. The highest BCUT2D eigenvalue weighted by Gasteiger charge is 2.44. The lowest BCUT2D eigenvalue weighted by molar-refractivity contribution is -0.120. The highest BCUT2D eigenvalue weighted by atomic mass is 16.5. The van der Waals surface area contributed by atoms with E-state index in [9.17, 15) is 9.59 Å². The lowest BCUT2D eigenvalue weighted by atomic mass is 10.0. The van der Waals surface area contributed by atoms with Gasteiger partial charge in [0.25, 0.3) is 11.8 Å². The lowest BCUT2D eigenvalue weighted by Crippen LogP contribution is -2.35. The van der Waals surface area contributed by atoms with Crippen molar-refractivity contribution in [2.45, 2.75) is 6.42 Å². The van der Waals surface area contributed by atoms with Crippen molar-refractivity contribution in [2.24, 2.45) is 0 Å². The van der Waals surface area contributed by atoms with Crippen molar-refractivity contribution >= 4 is 28.8 Å². The van der Waals surface area contributed by atoms with Crippen molar-refractivity contribution in [3.63, 3.8) is 0 Å². The quantitative estimate of drug-likeness (QED) is 0.625. The molecule has 2 amide bonds. The van der Waals surface area contributed by atoms with E-state index >= 15 is 0 Å². The van der Waals surface area contributed by atoms with E-state index in [2.05, 4.69) is 6.07 Å². The molecule has 0 aromatic heterocycles. The first kappa shape index (κ1) is 18.2. The van der Waals surface area contributed by atoms with E-state index in [0.29, 0.717) is 29.3 Å². The second kappa shape index (κ2) is 7.19. The molecule has 2 aliphatic heterocycles. The Morgan fingerprint density at radius 3 is 2.20 bits per heavy atom. The topological polar surface area (TPSA) is 49.9 Å². The molecule has 3 aromatic carbocycles. The first-order chi connectivity index (χ1) is 14.7. The zero-order valence-corrected chi connectivity index (χ0v) is 16.5. The van der Waals surface area contributed by atoms with Gasteiger partial charge in [0, 0.05) is 12.2 Å². The number of amides is 2. The highest BCUT2D eigenvalue weighted by Crippen LogP contribution is 2.41. The molecule has 2 heterocycles. The highest BCUT2D eigenvalue weighted by molar-refractivity contribution is 6.46. The van der Waals surface area contributed by atoms with Crippen molar-refractivity contribution in [1.82, 2.24) is 0 Å². The van der Waals surface area contributed by atoms with Crippen LogP contribution in [0.25, 0.3) is 5.57 Å². The van der Waals surface area contributed by atoms with Crippen molar-refractivity contribution < 1.29 is 14.3 Å². The van der Waals surface area contributed by atoms with Gasteiger partial charge in [-0.25, -0.2) is 4.90 Å². The first-order valence-electron chi connectivity index (χ1n) is 9.87. The number of carbonyl (C=O) groups excluding carboxylic acids is 2. The van der Waals surface area contributed by atoms with Crippen molar-refractivity contribution in [2.75, 3.05) is 23.5 Å². The van der Waals surface area contributed by atoms with Gasteiger partial charge in [-0.1, -0.05) is 60.7 Å². The summed E-state index contributed by atoms with van der Waals surface area (Å²) in [7, 11) is 1.53. The van der Waals surface area contributed by atoms with Crippen LogP contribution in [-0.2, 0) is 16.0 Å². The van der Waals surface area contributed by atoms with Crippen LogP contribution in [0.5, 0.6) is 5.75 Å². The summed E-state index contributed by atoms with van der Waals surface area (Å²) in [6.07, 6.45) is 0.831. The summed E-state index contributed by atoms with van der Waals surface area (Å²) in [4.78, 5) is 30.6. The summed E-state index contributed by atoms with van der Waals surface area (Å²) in [6.45, 7) is 0.657. The minimum Gasteiger partial charge on any atom is -0.495 e. The average molecular weight is 396 g/mol. The number of methoxy groups -OCH3 is 1. The van der Waals surface area contributed by atoms with Crippen LogP contribution in [0.1, 0.15) is 11.1 Å². The molecule has 2 aliphatic rings. The van der Waals surface area contributed by atoms with Gasteiger partial charge < -0.3 is 9.64 Å². The number of nitrogens with zero attached hydrogens (tertiary/aromatic N) is 2. The van der Waals surface area contributed by atoms with E-state index in [4.69, 9.17) is 4.74 Å². The molecule has 0 unspecified atom stereocenters. The van der Waals surface area contributed by atoms with Gasteiger partial charge in [0.1, 0.15) is 11.4 Å². The molecule has 0 atom stereocenters. The molecule has 0 bridgehead atoms. The second-order valence-corrected chi connectivity index (χ2v) is 7.24. The molecule has 0 radical (unpaired) electrons. The Labute approximate surface area is 174 Å². The molecule has 148 valence electrons. The van der Waals surface area contributed by atoms with Gasteiger partial charge in [0.05, 0.1) is 18.4 Å². The number of ether oxygens (including phenoxy) is 1. The number of imide groups is 1. The van der Waals surface area contributed by atoms with Gasteiger partial charge in [-0.05, 0) is 35.7 Å². The number of para-hydroxylation sites is 3. The lowest BCUT2D eigenvalue weighted by Gasteiger charge is -2.22. The smallest absolute Gasteiger partial charge is 0.282 e. The van der Waals surface area contributed by atoms with Crippen LogP contribution < -0.4 is 14.5 Å². The van der Waals surface area contributed by atoms with Crippen LogP contribution in [0, 0.1) is 0 Å². The zero-order chi connectivity index (χ0) is 20.7. The van der Waals surface area contributed by atoms with Gasteiger partial charge in [-0.3, -0.25) is 9.59 Å². The van der Waals surface area contributed by atoms with E-state index < -0.39 is 0 Å². The Morgan fingerprint density at radius 1 is 0.767 bits per heavy atom. The van der Waals surface area contributed by atoms with Gasteiger partial charge in [-0.2, -0.15) is 0 Å². The third-order valence-electron chi connectivity index (χ3n) is 5.61. The summed E-state index contributed by atoms with van der Waals surface area (Å²) in [5.41, 5.74) is 4.17. The molecule has 0 spiro atoms. The Hall–Kier alpha value is -3.86. The predicted octanol–water partition coefficient (Wildman–Crippen LogP) is 4.04.